The number of rotatable bonds is 5. The van der Waals surface area contributed by atoms with Crippen LogP contribution in [0, 0.1) is 0 Å². The zero-order valence-electron chi connectivity index (χ0n) is 12.2. The molecule has 0 aromatic carbocycles. The van der Waals surface area contributed by atoms with Gasteiger partial charge in [0.05, 0.1) is 8.66 Å². The van der Waals surface area contributed by atoms with Crippen molar-refractivity contribution in [1.29, 1.82) is 0 Å². The zero-order chi connectivity index (χ0) is 14.5. The van der Waals surface area contributed by atoms with Crippen LogP contribution in [0.1, 0.15) is 18.7 Å². The smallest absolute Gasteiger partial charge is 0.278 e. The van der Waals surface area contributed by atoms with Crippen LogP contribution in [0.5, 0.6) is 0 Å². The van der Waals surface area contributed by atoms with E-state index in [1.54, 1.807) is 4.90 Å². The molecule has 0 unspecified atom stereocenters. The van der Waals surface area contributed by atoms with Crippen molar-refractivity contribution in [2.75, 3.05) is 32.7 Å². The van der Waals surface area contributed by atoms with Crippen LogP contribution in [-0.4, -0.2) is 44.7 Å². The first-order valence-corrected chi connectivity index (χ1v) is 8.91. The molecule has 1 aromatic heterocycles. The quantitative estimate of drug-likeness (QED) is 0.638. The molecule has 6 heteroatoms. The maximum absolute atomic E-state index is 11.9. The van der Waals surface area contributed by atoms with E-state index in [-0.39, 0.29) is 11.9 Å². The highest BCUT2D eigenvalue weighted by molar-refractivity contribution is 9.11. The van der Waals surface area contributed by atoms with Gasteiger partial charge in [0.25, 0.3) is 5.91 Å². The van der Waals surface area contributed by atoms with Crippen molar-refractivity contribution in [2.45, 2.75) is 26.4 Å². The number of piperazine rings is 1. The van der Waals surface area contributed by atoms with Gasteiger partial charge in [-0.05, 0) is 41.9 Å². The van der Waals surface area contributed by atoms with Crippen LogP contribution < -0.4 is 15.1 Å². The molecular formula is C14H24BrN3OS+2. The molecule has 1 aliphatic rings. The predicted molar refractivity (Wildman–Crippen MR) is 85.3 cm³/mol. The van der Waals surface area contributed by atoms with Gasteiger partial charge in [-0.2, -0.15) is 0 Å². The SMILES string of the molecule is CCNC(=O)[C@H](C)[NH+]1CC[NH+](Cc2ccc(Br)s2)CC1. The number of halogens is 1. The molecule has 1 amide bonds. The Morgan fingerprint density at radius 1 is 1.40 bits per heavy atom. The van der Waals surface area contributed by atoms with Crippen molar-refractivity contribution >= 4 is 33.2 Å². The maximum atomic E-state index is 11.9. The number of carbonyl (C=O) groups is 1. The number of carbonyl (C=O) groups excluding carboxylic acids is 1. The monoisotopic (exact) mass is 361 g/mol. The fraction of sp³-hybridized carbons (Fsp3) is 0.643. The molecule has 2 heterocycles. The first-order valence-electron chi connectivity index (χ1n) is 7.30. The van der Waals surface area contributed by atoms with E-state index in [2.05, 4.69) is 33.4 Å². The van der Waals surface area contributed by atoms with Gasteiger partial charge in [-0.25, -0.2) is 0 Å². The van der Waals surface area contributed by atoms with Crippen LogP contribution in [0.2, 0.25) is 0 Å². The Bertz CT molecular complexity index is 443. The first-order chi connectivity index (χ1) is 9.60. The molecule has 0 saturated carbocycles. The van der Waals surface area contributed by atoms with Gasteiger partial charge >= 0.3 is 0 Å². The summed E-state index contributed by atoms with van der Waals surface area (Å²) >= 11 is 5.34. The van der Waals surface area contributed by atoms with Crippen LogP contribution in [0.25, 0.3) is 0 Å². The van der Waals surface area contributed by atoms with Crippen molar-refractivity contribution in [1.82, 2.24) is 5.32 Å². The standard InChI is InChI=1S/C14H22BrN3OS/c1-3-16-14(19)11(2)18-8-6-17(7-9-18)10-12-4-5-13(15)20-12/h4-5,11H,3,6-10H2,1-2H3,(H,16,19)/p+2/t11-/m0/s1. The van der Waals surface area contributed by atoms with E-state index in [4.69, 9.17) is 0 Å². The molecule has 20 heavy (non-hydrogen) atoms. The van der Waals surface area contributed by atoms with E-state index in [9.17, 15) is 4.79 Å². The molecule has 1 fully saturated rings. The Morgan fingerprint density at radius 3 is 2.65 bits per heavy atom. The zero-order valence-corrected chi connectivity index (χ0v) is 14.6. The highest BCUT2D eigenvalue weighted by atomic mass is 79.9. The summed E-state index contributed by atoms with van der Waals surface area (Å²) in [6.45, 7) is 10.3. The normalized spacial score (nSPS) is 24.4. The molecular weight excluding hydrogens is 338 g/mol. The van der Waals surface area contributed by atoms with E-state index in [0.717, 1.165) is 39.3 Å². The third kappa shape index (κ3) is 4.28. The predicted octanol–water partition coefficient (Wildman–Crippen LogP) is -0.681. The van der Waals surface area contributed by atoms with Gasteiger partial charge in [-0.1, -0.05) is 0 Å². The summed E-state index contributed by atoms with van der Waals surface area (Å²) in [7, 11) is 0. The maximum Gasteiger partial charge on any atom is 0.278 e. The molecule has 1 aromatic rings. The van der Waals surface area contributed by atoms with E-state index >= 15 is 0 Å². The van der Waals surface area contributed by atoms with E-state index in [1.807, 2.05) is 25.2 Å². The van der Waals surface area contributed by atoms with E-state index in [1.165, 1.54) is 13.6 Å². The highest BCUT2D eigenvalue weighted by Crippen LogP contribution is 2.21. The molecule has 3 N–H and O–H groups in total. The minimum atomic E-state index is 0.0763. The summed E-state index contributed by atoms with van der Waals surface area (Å²) in [5.74, 6) is 0.188. The lowest BCUT2D eigenvalue weighted by molar-refractivity contribution is -1.02. The van der Waals surface area contributed by atoms with Gasteiger partial charge in [0.15, 0.2) is 6.04 Å². The third-order valence-electron chi connectivity index (χ3n) is 4.01. The number of amides is 1. The van der Waals surface area contributed by atoms with Crippen molar-refractivity contribution in [3.05, 3.63) is 20.8 Å². The van der Waals surface area contributed by atoms with Crippen LogP contribution in [0.4, 0.5) is 0 Å². The molecule has 2 rings (SSSR count). The number of thiophene rings is 1. The van der Waals surface area contributed by atoms with Gasteiger partial charge in [0.1, 0.15) is 32.7 Å². The number of likely N-dealkylation sites (N-methyl/N-ethyl adjacent to an activating group) is 1. The topological polar surface area (TPSA) is 38.0 Å². The van der Waals surface area contributed by atoms with Crippen molar-refractivity contribution < 1.29 is 14.6 Å². The summed E-state index contributed by atoms with van der Waals surface area (Å²) in [4.78, 5) is 16.4. The van der Waals surface area contributed by atoms with E-state index < -0.39 is 0 Å². The molecule has 0 aliphatic carbocycles. The lowest BCUT2D eigenvalue weighted by atomic mass is 10.2. The fourth-order valence-electron chi connectivity index (χ4n) is 2.74. The second-order valence-corrected chi connectivity index (χ2v) is 7.95. The largest absolute Gasteiger partial charge is 0.351 e. The lowest BCUT2D eigenvalue weighted by Gasteiger charge is -2.32. The summed E-state index contributed by atoms with van der Waals surface area (Å²) in [6.07, 6.45) is 0. The summed E-state index contributed by atoms with van der Waals surface area (Å²) < 4.78 is 1.21. The molecule has 1 aliphatic heterocycles. The van der Waals surface area contributed by atoms with Gasteiger partial charge < -0.3 is 15.1 Å². The van der Waals surface area contributed by atoms with Gasteiger partial charge in [-0.15, -0.1) is 11.3 Å². The summed E-state index contributed by atoms with van der Waals surface area (Å²) in [5.41, 5.74) is 0. The minimum Gasteiger partial charge on any atom is -0.351 e. The number of quaternary nitrogens is 2. The second-order valence-electron chi connectivity index (χ2n) is 5.41. The first kappa shape index (κ1) is 15.9. The number of hydrogen-bond donors (Lipinski definition) is 3. The Morgan fingerprint density at radius 2 is 2.10 bits per heavy atom. The van der Waals surface area contributed by atoms with Crippen LogP contribution in [-0.2, 0) is 11.3 Å². The molecule has 1 saturated heterocycles. The Hall–Kier alpha value is -0.430. The molecule has 0 radical (unpaired) electrons. The molecule has 4 nitrogen and oxygen atoms in total. The highest BCUT2D eigenvalue weighted by Gasteiger charge is 2.30. The lowest BCUT2D eigenvalue weighted by Crippen LogP contribution is -3.29. The second kappa shape index (κ2) is 7.54. The van der Waals surface area contributed by atoms with Crippen molar-refractivity contribution in [3.63, 3.8) is 0 Å². The average molecular weight is 362 g/mol. The average Bonchev–Trinajstić information content (AvgIpc) is 2.84. The Kier molecular flexibility index (Phi) is 6.01. The van der Waals surface area contributed by atoms with E-state index in [0.29, 0.717) is 0 Å². The van der Waals surface area contributed by atoms with Gasteiger partial charge in [0, 0.05) is 6.54 Å². The number of nitrogens with one attached hydrogen (secondary N) is 3. The number of hydrogen-bond acceptors (Lipinski definition) is 2. The van der Waals surface area contributed by atoms with Crippen molar-refractivity contribution in [2.24, 2.45) is 0 Å². The van der Waals surface area contributed by atoms with Gasteiger partial charge in [0.2, 0.25) is 0 Å². The van der Waals surface area contributed by atoms with Gasteiger partial charge in [-0.3, -0.25) is 4.79 Å². The molecule has 112 valence electrons. The van der Waals surface area contributed by atoms with Crippen LogP contribution >= 0.6 is 27.3 Å². The fourth-order valence-corrected chi connectivity index (χ4v) is 4.30. The molecule has 0 spiro atoms. The summed E-state index contributed by atoms with van der Waals surface area (Å²) in [6, 6.07) is 4.41. The van der Waals surface area contributed by atoms with Crippen molar-refractivity contribution in [3.8, 4) is 0 Å². The summed E-state index contributed by atoms with van der Waals surface area (Å²) in [5, 5.41) is 2.93. The molecule has 0 bridgehead atoms. The van der Waals surface area contributed by atoms with Crippen LogP contribution in [0.3, 0.4) is 0 Å². The third-order valence-corrected chi connectivity index (χ3v) is 5.63. The van der Waals surface area contributed by atoms with Crippen LogP contribution in [0.15, 0.2) is 15.9 Å². The molecule has 1 atom stereocenters. The minimum absolute atomic E-state index is 0.0763. The Balaban J connectivity index is 1.78. The Labute approximate surface area is 133 Å².